The van der Waals surface area contributed by atoms with Crippen molar-refractivity contribution >= 4 is 0 Å². The smallest absolute Gasteiger partial charge is 0.247 e. The van der Waals surface area contributed by atoms with Gasteiger partial charge in [0.15, 0.2) is 0 Å². The van der Waals surface area contributed by atoms with Gasteiger partial charge in [-0.15, -0.1) is 0 Å². The van der Waals surface area contributed by atoms with Crippen molar-refractivity contribution in [2.24, 2.45) is 0 Å². The third-order valence-electron chi connectivity index (χ3n) is 1.17. The van der Waals surface area contributed by atoms with Crippen LogP contribution in [0.3, 0.4) is 0 Å². The van der Waals surface area contributed by atoms with Crippen molar-refractivity contribution in [1.29, 1.82) is 0 Å². The molecule has 47 valence electrons. The largest absolute Gasteiger partial charge is 0.251 e. The lowest BCUT2D eigenvalue weighted by molar-refractivity contribution is 0.00438. The summed E-state index contributed by atoms with van der Waals surface area (Å²) in [7, 11) is 0. The fourth-order valence-electron chi connectivity index (χ4n) is 0.752. The van der Waals surface area contributed by atoms with E-state index < -0.39 is 24.9 Å². The lowest BCUT2D eigenvalue weighted by Gasteiger charge is -2.03. The Morgan fingerprint density at radius 3 is 2.25 bits per heavy atom. The predicted molar refractivity (Wildman–Crippen MR) is 23.4 cm³/mol. The van der Waals surface area contributed by atoms with Crippen LogP contribution in [0.5, 0.6) is 0 Å². The average Bonchev–Trinajstić information content (AvgIpc) is 1.82. The number of hydrogen-bond acceptors (Lipinski definition) is 0. The van der Waals surface area contributed by atoms with Crippen LogP contribution in [0.2, 0.25) is 0 Å². The van der Waals surface area contributed by atoms with Gasteiger partial charge >= 0.3 is 0 Å². The molecule has 0 nitrogen and oxygen atoms in total. The molecular formula is C5H6F3. The number of rotatable bonds is 0. The van der Waals surface area contributed by atoms with Crippen LogP contribution in [0.25, 0.3) is 0 Å². The molecule has 1 aliphatic rings. The number of hydrogen-bond donors (Lipinski definition) is 0. The van der Waals surface area contributed by atoms with Crippen LogP contribution in [0.15, 0.2) is 0 Å². The van der Waals surface area contributed by atoms with E-state index in [1.807, 2.05) is 0 Å². The van der Waals surface area contributed by atoms with Crippen LogP contribution in [-0.2, 0) is 0 Å². The van der Waals surface area contributed by atoms with E-state index in [4.69, 9.17) is 0 Å². The molecule has 0 aromatic carbocycles. The van der Waals surface area contributed by atoms with E-state index in [-0.39, 0.29) is 0 Å². The van der Waals surface area contributed by atoms with E-state index >= 15 is 0 Å². The molecule has 1 rings (SSSR count). The minimum absolute atomic E-state index is 0.395. The Hall–Kier alpha value is -0.210. The highest BCUT2D eigenvalue weighted by atomic mass is 19.3. The van der Waals surface area contributed by atoms with Crippen LogP contribution >= 0.6 is 0 Å². The first-order chi connectivity index (χ1) is 3.60. The topological polar surface area (TPSA) is 0 Å². The third kappa shape index (κ3) is 1.14. The van der Waals surface area contributed by atoms with Crippen molar-refractivity contribution in [3.63, 3.8) is 0 Å². The second-order valence-corrected chi connectivity index (χ2v) is 2.02. The molecule has 0 aromatic heterocycles. The molecule has 0 heterocycles. The summed E-state index contributed by atoms with van der Waals surface area (Å²) in [6.45, 7) is 0. The predicted octanol–water partition coefficient (Wildman–Crippen LogP) is 1.96. The molecule has 1 saturated carbocycles. The molecule has 0 amide bonds. The van der Waals surface area contributed by atoms with Crippen molar-refractivity contribution < 1.29 is 13.2 Å². The SMILES string of the molecule is FC1[CH]CC(F)(F)C1. The first-order valence-electron chi connectivity index (χ1n) is 2.45. The van der Waals surface area contributed by atoms with Gasteiger partial charge < -0.3 is 0 Å². The molecule has 1 unspecified atom stereocenters. The van der Waals surface area contributed by atoms with E-state index in [1.165, 1.54) is 0 Å². The van der Waals surface area contributed by atoms with Crippen LogP contribution in [-0.4, -0.2) is 12.1 Å². The summed E-state index contributed by atoms with van der Waals surface area (Å²) in [6, 6.07) is 0. The Morgan fingerprint density at radius 1 is 1.50 bits per heavy atom. The van der Waals surface area contributed by atoms with Crippen molar-refractivity contribution in [3.8, 4) is 0 Å². The minimum atomic E-state index is -2.76. The summed E-state index contributed by atoms with van der Waals surface area (Å²) in [5.41, 5.74) is 0. The molecule has 0 N–H and O–H groups in total. The van der Waals surface area contributed by atoms with Gasteiger partial charge in [-0.1, -0.05) is 0 Å². The zero-order valence-corrected chi connectivity index (χ0v) is 4.20. The summed E-state index contributed by atoms with van der Waals surface area (Å²) < 4.78 is 35.7. The van der Waals surface area contributed by atoms with Gasteiger partial charge in [-0.3, -0.25) is 0 Å². The van der Waals surface area contributed by atoms with Crippen LogP contribution in [0, 0.1) is 6.42 Å². The van der Waals surface area contributed by atoms with Crippen molar-refractivity contribution in [1.82, 2.24) is 0 Å². The van der Waals surface area contributed by atoms with Gasteiger partial charge in [0.1, 0.15) is 6.17 Å². The molecule has 0 aliphatic heterocycles. The van der Waals surface area contributed by atoms with Gasteiger partial charge in [0, 0.05) is 19.3 Å². The molecule has 1 radical (unpaired) electrons. The van der Waals surface area contributed by atoms with Crippen LogP contribution < -0.4 is 0 Å². The first kappa shape index (κ1) is 5.92. The summed E-state index contributed by atoms with van der Waals surface area (Å²) in [5, 5.41) is 0. The quantitative estimate of drug-likeness (QED) is 0.462. The van der Waals surface area contributed by atoms with Gasteiger partial charge in [-0.25, -0.2) is 13.2 Å². The maximum atomic E-state index is 11.9. The van der Waals surface area contributed by atoms with E-state index in [9.17, 15) is 13.2 Å². The normalized spacial score (nSPS) is 35.6. The summed E-state index contributed by atoms with van der Waals surface area (Å²) >= 11 is 0. The maximum Gasteiger partial charge on any atom is 0.251 e. The average molecular weight is 123 g/mol. The molecule has 3 heteroatoms. The highest BCUT2D eigenvalue weighted by Crippen LogP contribution is 2.35. The number of alkyl halides is 3. The van der Waals surface area contributed by atoms with E-state index in [2.05, 4.69) is 0 Å². The van der Waals surface area contributed by atoms with Gasteiger partial charge in [-0.05, 0) is 0 Å². The Kier molecular flexibility index (Phi) is 1.21. The van der Waals surface area contributed by atoms with Crippen molar-refractivity contribution in [3.05, 3.63) is 6.42 Å². The van der Waals surface area contributed by atoms with Gasteiger partial charge in [0.05, 0.1) is 0 Å². The Bertz CT molecular complexity index is 89.7. The summed E-state index contributed by atoms with van der Waals surface area (Å²) in [6.07, 6.45) is -1.38. The molecule has 1 atom stereocenters. The lowest BCUT2D eigenvalue weighted by atomic mass is 10.3. The molecule has 1 aliphatic carbocycles. The molecule has 0 spiro atoms. The number of halogens is 3. The molecule has 8 heavy (non-hydrogen) atoms. The fourth-order valence-corrected chi connectivity index (χ4v) is 0.752. The molecule has 0 aromatic rings. The third-order valence-corrected chi connectivity index (χ3v) is 1.17. The van der Waals surface area contributed by atoms with E-state index in [1.54, 1.807) is 0 Å². The second kappa shape index (κ2) is 1.64. The second-order valence-electron chi connectivity index (χ2n) is 2.02. The standard InChI is InChI=1S/C5H6F3/c6-4-1-2-5(7,8)3-4/h1,4H,2-3H2. The van der Waals surface area contributed by atoms with Crippen LogP contribution in [0.1, 0.15) is 12.8 Å². The fraction of sp³-hybridized carbons (Fsp3) is 0.800. The highest BCUT2D eigenvalue weighted by molar-refractivity contribution is 4.94. The van der Waals surface area contributed by atoms with Crippen LogP contribution in [0.4, 0.5) is 13.2 Å². The van der Waals surface area contributed by atoms with E-state index in [0.29, 0.717) is 0 Å². The maximum absolute atomic E-state index is 11.9. The first-order valence-corrected chi connectivity index (χ1v) is 2.45. The Labute approximate surface area is 45.7 Å². The van der Waals surface area contributed by atoms with E-state index in [0.717, 1.165) is 6.42 Å². The van der Waals surface area contributed by atoms with Gasteiger partial charge in [0.2, 0.25) is 0 Å². The van der Waals surface area contributed by atoms with Gasteiger partial charge in [0.25, 0.3) is 5.92 Å². The molecule has 0 saturated heterocycles. The summed E-state index contributed by atoms with van der Waals surface area (Å²) in [4.78, 5) is 0. The molecular weight excluding hydrogens is 117 g/mol. The zero-order chi connectivity index (χ0) is 6.20. The molecule has 0 bridgehead atoms. The van der Waals surface area contributed by atoms with Gasteiger partial charge in [-0.2, -0.15) is 0 Å². The molecule has 1 fully saturated rings. The Balaban J connectivity index is 2.44. The Morgan fingerprint density at radius 2 is 2.12 bits per heavy atom. The van der Waals surface area contributed by atoms with Crippen molar-refractivity contribution in [2.75, 3.05) is 0 Å². The monoisotopic (exact) mass is 123 g/mol. The zero-order valence-electron chi connectivity index (χ0n) is 4.20. The lowest BCUT2D eigenvalue weighted by Crippen LogP contribution is -2.09. The highest BCUT2D eigenvalue weighted by Gasteiger charge is 2.39. The minimum Gasteiger partial charge on any atom is -0.247 e. The van der Waals surface area contributed by atoms with Crippen molar-refractivity contribution in [2.45, 2.75) is 24.9 Å². The summed E-state index contributed by atoms with van der Waals surface area (Å²) in [5.74, 6) is -2.76.